The van der Waals surface area contributed by atoms with Gasteiger partial charge in [-0.3, -0.25) is 4.79 Å². The molecule has 0 bridgehead atoms. The van der Waals surface area contributed by atoms with Crippen LogP contribution in [0.15, 0.2) is 35.4 Å². The summed E-state index contributed by atoms with van der Waals surface area (Å²) < 4.78 is 24.3. The van der Waals surface area contributed by atoms with Gasteiger partial charge in [-0.25, -0.2) is 18.2 Å². The van der Waals surface area contributed by atoms with Gasteiger partial charge in [0.1, 0.15) is 0 Å². The molecular formula is C15H17N3O3S. The van der Waals surface area contributed by atoms with Crippen molar-refractivity contribution in [2.75, 3.05) is 0 Å². The van der Waals surface area contributed by atoms with E-state index in [0.717, 1.165) is 12.1 Å². The Kier molecular flexibility index (Phi) is 3.23. The molecule has 0 atom stereocenters. The predicted molar refractivity (Wildman–Crippen MR) is 81.4 cm³/mol. The van der Waals surface area contributed by atoms with Crippen LogP contribution in [0.2, 0.25) is 0 Å². The molecule has 1 aliphatic rings. The summed E-state index contributed by atoms with van der Waals surface area (Å²) in [5.41, 5.74) is 2.11. The summed E-state index contributed by atoms with van der Waals surface area (Å²) in [7, 11) is -3.72. The Balaban J connectivity index is 2.06. The molecule has 0 radical (unpaired) electrons. The fourth-order valence-corrected chi connectivity index (χ4v) is 3.34. The lowest BCUT2D eigenvalue weighted by Crippen LogP contribution is -2.27. The zero-order valence-corrected chi connectivity index (χ0v) is 13.2. The topological polar surface area (TPSA) is 95.0 Å². The Morgan fingerprint density at radius 3 is 2.41 bits per heavy atom. The molecule has 0 aliphatic heterocycles. The number of carbonyl (C=O) groups is 1. The van der Waals surface area contributed by atoms with E-state index in [0.29, 0.717) is 17.7 Å². The van der Waals surface area contributed by atoms with Crippen LogP contribution in [0.3, 0.4) is 0 Å². The second-order valence-electron chi connectivity index (χ2n) is 6.40. The fraction of sp³-hybridized carbons (Fsp3) is 0.333. The lowest BCUT2D eigenvalue weighted by molar-refractivity contribution is 0.0911. The zero-order valence-electron chi connectivity index (χ0n) is 12.4. The molecule has 0 saturated heterocycles. The molecular weight excluding hydrogens is 302 g/mol. The van der Waals surface area contributed by atoms with E-state index >= 15 is 0 Å². The molecule has 0 spiro atoms. The van der Waals surface area contributed by atoms with Crippen molar-refractivity contribution in [2.24, 2.45) is 10.6 Å². The standard InChI is InChI=1S/C15H17N3O3S/c1-15(2)7-13-12(14(19)8-15)9-17-18(13)10-3-5-11(6-4-10)22(16,20)21/h3-6,9H,7-8H2,1-2H3,(H2,16,20,21). The summed E-state index contributed by atoms with van der Waals surface area (Å²) in [5.74, 6) is 0.0960. The van der Waals surface area contributed by atoms with Gasteiger partial charge in [0.2, 0.25) is 10.0 Å². The maximum Gasteiger partial charge on any atom is 0.238 e. The number of fused-ring (bicyclic) bond motifs is 1. The van der Waals surface area contributed by atoms with E-state index in [2.05, 4.69) is 18.9 Å². The van der Waals surface area contributed by atoms with E-state index in [1.807, 2.05) is 0 Å². The highest BCUT2D eigenvalue weighted by atomic mass is 32.2. The van der Waals surface area contributed by atoms with E-state index in [4.69, 9.17) is 5.14 Å². The second-order valence-corrected chi connectivity index (χ2v) is 7.96. The minimum Gasteiger partial charge on any atom is -0.294 e. The van der Waals surface area contributed by atoms with Gasteiger partial charge in [0.25, 0.3) is 0 Å². The van der Waals surface area contributed by atoms with Crippen molar-refractivity contribution in [1.29, 1.82) is 0 Å². The highest BCUT2D eigenvalue weighted by Gasteiger charge is 2.34. The van der Waals surface area contributed by atoms with E-state index in [9.17, 15) is 13.2 Å². The third kappa shape index (κ3) is 2.57. The molecule has 7 heteroatoms. The lowest BCUT2D eigenvalue weighted by Gasteiger charge is -2.28. The van der Waals surface area contributed by atoms with Gasteiger partial charge in [-0.05, 0) is 36.1 Å². The Hall–Kier alpha value is -1.99. The van der Waals surface area contributed by atoms with Crippen molar-refractivity contribution in [2.45, 2.75) is 31.6 Å². The fourth-order valence-electron chi connectivity index (χ4n) is 2.82. The molecule has 0 fully saturated rings. The number of benzene rings is 1. The average molecular weight is 319 g/mol. The van der Waals surface area contributed by atoms with Crippen LogP contribution in [0.1, 0.15) is 36.3 Å². The first kappa shape index (κ1) is 14.9. The summed E-state index contributed by atoms with van der Waals surface area (Å²) in [6.45, 7) is 4.10. The van der Waals surface area contributed by atoms with Gasteiger partial charge in [0.05, 0.1) is 28.0 Å². The van der Waals surface area contributed by atoms with Gasteiger partial charge < -0.3 is 0 Å². The Bertz CT molecular complexity index is 849. The number of nitrogens with two attached hydrogens (primary N) is 1. The molecule has 2 aromatic rings. The molecule has 0 amide bonds. The Morgan fingerprint density at radius 2 is 1.82 bits per heavy atom. The number of sulfonamides is 1. The highest BCUT2D eigenvalue weighted by molar-refractivity contribution is 7.89. The number of carbonyl (C=O) groups excluding carboxylic acids is 1. The van der Waals surface area contributed by atoms with Gasteiger partial charge in [-0.15, -0.1) is 0 Å². The maximum absolute atomic E-state index is 12.2. The van der Waals surface area contributed by atoms with E-state index < -0.39 is 10.0 Å². The molecule has 2 N–H and O–H groups in total. The summed E-state index contributed by atoms with van der Waals surface area (Å²) in [6, 6.07) is 6.15. The van der Waals surface area contributed by atoms with Gasteiger partial charge in [-0.2, -0.15) is 5.10 Å². The van der Waals surface area contributed by atoms with Crippen molar-refractivity contribution < 1.29 is 13.2 Å². The third-order valence-electron chi connectivity index (χ3n) is 3.86. The first-order valence-corrected chi connectivity index (χ1v) is 8.45. The second kappa shape index (κ2) is 4.76. The van der Waals surface area contributed by atoms with Crippen LogP contribution in [-0.4, -0.2) is 24.0 Å². The van der Waals surface area contributed by atoms with Crippen LogP contribution in [0, 0.1) is 5.41 Å². The number of aromatic nitrogens is 2. The van der Waals surface area contributed by atoms with Crippen molar-refractivity contribution >= 4 is 15.8 Å². The number of ketones is 1. The number of Topliss-reactive ketones (excluding diaryl/α,β-unsaturated/α-hetero) is 1. The van der Waals surface area contributed by atoms with Gasteiger partial charge >= 0.3 is 0 Å². The molecule has 0 saturated carbocycles. The van der Waals surface area contributed by atoms with Crippen molar-refractivity contribution in [3.8, 4) is 5.69 Å². The minimum atomic E-state index is -3.72. The van der Waals surface area contributed by atoms with Crippen LogP contribution >= 0.6 is 0 Å². The SMILES string of the molecule is CC1(C)CC(=O)c2cnn(-c3ccc(S(N)(=O)=O)cc3)c2C1. The van der Waals surface area contributed by atoms with Gasteiger partial charge in [0.15, 0.2) is 5.78 Å². The number of rotatable bonds is 2. The van der Waals surface area contributed by atoms with Crippen LogP contribution < -0.4 is 5.14 Å². The van der Waals surface area contributed by atoms with Crippen molar-refractivity contribution in [1.82, 2.24) is 9.78 Å². The van der Waals surface area contributed by atoms with Crippen LogP contribution in [0.5, 0.6) is 0 Å². The first-order chi connectivity index (χ1) is 10.2. The van der Waals surface area contributed by atoms with Crippen molar-refractivity contribution in [3.63, 3.8) is 0 Å². The normalized spacial score (nSPS) is 17.3. The van der Waals surface area contributed by atoms with Crippen LogP contribution in [0.4, 0.5) is 0 Å². The molecule has 1 aromatic carbocycles. The molecule has 1 aromatic heterocycles. The molecule has 3 rings (SSSR count). The number of primary sulfonamides is 1. The summed E-state index contributed by atoms with van der Waals surface area (Å²) in [4.78, 5) is 12.2. The molecule has 6 nitrogen and oxygen atoms in total. The van der Waals surface area contributed by atoms with Gasteiger partial charge in [0, 0.05) is 6.42 Å². The minimum absolute atomic E-state index is 0.0497. The highest BCUT2D eigenvalue weighted by Crippen LogP contribution is 2.35. The quantitative estimate of drug-likeness (QED) is 0.911. The zero-order chi connectivity index (χ0) is 16.1. The number of nitrogens with zero attached hydrogens (tertiary/aromatic N) is 2. The third-order valence-corrected chi connectivity index (χ3v) is 4.79. The van der Waals surface area contributed by atoms with Crippen LogP contribution in [-0.2, 0) is 16.4 Å². The number of hydrogen-bond donors (Lipinski definition) is 1. The van der Waals surface area contributed by atoms with Gasteiger partial charge in [-0.1, -0.05) is 13.8 Å². The van der Waals surface area contributed by atoms with E-state index in [-0.39, 0.29) is 16.1 Å². The Morgan fingerprint density at radius 1 is 1.18 bits per heavy atom. The molecule has 1 heterocycles. The van der Waals surface area contributed by atoms with E-state index in [1.54, 1.807) is 23.0 Å². The molecule has 0 unspecified atom stereocenters. The smallest absolute Gasteiger partial charge is 0.238 e. The number of hydrogen-bond acceptors (Lipinski definition) is 4. The summed E-state index contributed by atoms with van der Waals surface area (Å²) in [6.07, 6.45) is 2.83. The average Bonchev–Trinajstić information content (AvgIpc) is 2.80. The first-order valence-electron chi connectivity index (χ1n) is 6.91. The largest absolute Gasteiger partial charge is 0.294 e. The molecule has 1 aliphatic carbocycles. The van der Waals surface area contributed by atoms with E-state index in [1.165, 1.54) is 12.1 Å². The summed E-state index contributed by atoms with van der Waals surface area (Å²) >= 11 is 0. The molecule has 22 heavy (non-hydrogen) atoms. The Labute approximate surface area is 129 Å². The van der Waals surface area contributed by atoms with Crippen molar-refractivity contribution in [3.05, 3.63) is 41.7 Å². The lowest BCUT2D eigenvalue weighted by atomic mass is 9.76. The summed E-state index contributed by atoms with van der Waals surface area (Å²) in [5, 5.41) is 9.39. The maximum atomic E-state index is 12.2. The molecule has 116 valence electrons. The predicted octanol–water partition coefficient (Wildman–Crippen LogP) is 1.67. The monoisotopic (exact) mass is 319 g/mol. The van der Waals surface area contributed by atoms with Crippen LogP contribution in [0.25, 0.3) is 5.69 Å².